The fourth-order valence-corrected chi connectivity index (χ4v) is 4.59. The van der Waals surface area contributed by atoms with Crippen LogP contribution in [0.4, 0.5) is 10.1 Å². The van der Waals surface area contributed by atoms with Gasteiger partial charge in [-0.05, 0) is 43.3 Å². The maximum atomic E-state index is 13.0. The fourth-order valence-electron chi connectivity index (χ4n) is 2.73. The second-order valence-electron chi connectivity index (χ2n) is 5.97. The number of nitrogens with zero attached hydrogens (tertiary/aromatic N) is 2. The lowest BCUT2D eigenvalue weighted by molar-refractivity contribution is -0.116. The third kappa shape index (κ3) is 3.54. The molecule has 3 heterocycles. The number of nitrogens with one attached hydrogen (secondary N) is 1. The van der Waals surface area contributed by atoms with Crippen molar-refractivity contribution < 1.29 is 9.18 Å². The Morgan fingerprint density at radius 3 is 2.70 bits per heavy atom. The minimum absolute atomic E-state index is 0.169. The maximum Gasteiger partial charge on any atom is 0.263 e. The first kappa shape index (κ1) is 17.6. The van der Waals surface area contributed by atoms with Crippen molar-refractivity contribution in [2.45, 2.75) is 13.5 Å². The number of aryl methyl sites for hydroxylation is 1. The molecule has 0 aliphatic heterocycles. The van der Waals surface area contributed by atoms with Gasteiger partial charge in [-0.25, -0.2) is 9.37 Å². The number of carbonyl (C=O) groups is 1. The number of fused-ring (bicyclic) bond motifs is 1. The summed E-state index contributed by atoms with van der Waals surface area (Å²) in [4.78, 5) is 32.3. The van der Waals surface area contributed by atoms with E-state index in [-0.39, 0.29) is 23.8 Å². The standard InChI is InChI=1S/C19H14FN3O2S2/c1-11-2-7-15(27-11)14-9-26-18-17(14)19(25)23(10-21-18)8-16(24)22-13-5-3-12(20)4-6-13/h2-7,9-10H,8H2,1H3,(H,22,24). The SMILES string of the molecule is Cc1ccc(-c2csc3ncn(CC(=O)Nc4ccc(F)cc4)c(=O)c23)s1. The molecule has 0 fully saturated rings. The van der Waals surface area contributed by atoms with Crippen molar-refractivity contribution in [1.29, 1.82) is 0 Å². The molecular weight excluding hydrogens is 385 g/mol. The van der Waals surface area contributed by atoms with Gasteiger partial charge in [-0.2, -0.15) is 0 Å². The lowest BCUT2D eigenvalue weighted by Crippen LogP contribution is -2.27. The van der Waals surface area contributed by atoms with Crippen LogP contribution in [0.15, 0.2) is 52.9 Å². The number of rotatable bonds is 4. The van der Waals surface area contributed by atoms with Gasteiger partial charge in [0, 0.05) is 26.4 Å². The number of amides is 1. The number of hydrogen-bond acceptors (Lipinski definition) is 5. The molecule has 27 heavy (non-hydrogen) atoms. The first-order valence-corrected chi connectivity index (χ1v) is 9.80. The van der Waals surface area contributed by atoms with Crippen molar-refractivity contribution in [3.8, 4) is 10.4 Å². The summed E-state index contributed by atoms with van der Waals surface area (Å²) < 4.78 is 14.2. The van der Waals surface area contributed by atoms with Crippen molar-refractivity contribution in [2.24, 2.45) is 0 Å². The molecule has 4 aromatic rings. The maximum absolute atomic E-state index is 13.0. The summed E-state index contributed by atoms with van der Waals surface area (Å²) in [7, 11) is 0. The Bertz CT molecular complexity index is 1190. The van der Waals surface area contributed by atoms with E-state index in [2.05, 4.69) is 10.3 Å². The second kappa shape index (κ2) is 7.05. The zero-order chi connectivity index (χ0) is 19.0. The summed E-state index contributed by atoms with van der Waals surface area (Å²) >= 11 is 3.02. The van der Waals surface area contributed by atoms with Crippen LogP contribution in [-0.2, 0) is 11.3 Å². The Hall–Kier alpha value is -2.84. The number of hydrogen-bond donors (Lipinski definition) is 1. The monoisotopic (exact) mass is 399 g/mol. The van der Waals surface area contributed by atoms with E-state index in [9.17, 15) is 14.0 Å². The highest BCUT2D eigenvalue weighted by molar-refractivity contribution is 7.19. The normalized spacial score (nSPS) is 11.0. The molecule has 0 spiro atoms. The van der Waals surface area contributed by atoms with Crippen molar-refractivity contribution in [2.75, 3.05) is 5.32 Å². The third-order valence-corrected chi connectivity index (χ3v) is 5.93. The van der Waals surface area contributed by atoms with E-state index >= 15 is 0 Å². The molecule has 1 N–H and O–H groups in total. The van der Waals surface area contributed by atoms with Crippen molar-refractivity contribution >= 4 is 44.5 Å². The molecule has 1 aromatic carbocycles. The Morgan fingerprint density at radius 1 is 1.22 bits per heavy atom. The molecule has 3 aromatic heterocycles. The third-order valence-electron chi connectivity index (χ3n) is 4.01. The number of anilines is 1. The molecule has 0 saturated carbocycles. The van der Waals surface area contributed by atoms with Crippen LogP contribution in [0.5, 0.6) is 0 Å². The van der Waals surface area contributed by atoms with Crippen molar-refractivity contribution in [1.82, 2.24) is 9.55 Å². The quantitative estimate of drug-likeness (QED) is 0.557. The van der Waals surface area contributed by atoms with Crippen LogP contribution >= 0.6 is 22.7 Å². The van der Waals surface area contributed by atoms with Crippen LogP contribution in [0.25, 0.3) is 20.7 Å². The van der Waals surface area contributed by atoms with Gasteiger partial charge < -0.3 is 5.32 Å². The average Bonchev–Trinajstić information content (AvgIpc) is 3.26. The van der Waals surface area contributed by atoms with Crippen LogP contribution < -0.4 is 10.9 Å². The molecule has 8 heteroatoms. The lowest BCUT2D eigenvalue weighted by atomic mass is 10.2. The van der Waals surface area contributed by atoms with Crippen molar-refractivity contribution in [3.63, 3.8) is 0 Å². The van der Waals surface area contributed by atoms with Gasteiger partial charge >= 0.3 is 0 Å². The molecule has 0 radical (unpaired) electrons. The molecule has 0 aliphatic carbocycles. The summed E-state index contributed by atoms with van der Waals surface area (Å²) in [5, 5.41) is 5.10. The van der Waals surface area contributed by atoms with Gasteiger partial charge in [-0.15, -0.1) is 22.7 Å². The minimum atomic E-state index is -0.382. The Balaban J connectivity index is 1.64. The van der Waals surface area contributed by atoms with E-state index in [4.69, 9.17) is 0 Å². The second-order valence-corrected chi connectivity index (χ2v) is 8.12. The number of benzene rings is 1. The largest absolute Gasteiger partial charge is 0.325 e. The zero-order valence-corrected chi connectivity index (χ0v) is 15.9. The average molecular weight is 399 g/mol. The molecule has 1 amide bonds. The van der Waals surface area contributed by atoms with E-state index < -0.39 is 0 Å². The van der Waals surface area contributed by atoms with Gasteiger partial charge in [-0.3, -0.25) is 14.2 Å². The minimum Gasteiger partial charge on any atom is -0.325 e. The summed E-state index contributed by atoms with van der Waals surface area (Å²) in [6, 6.07) is 9.45. The molecule has 0 atom stereocenters. The number of aromatic nitrogens is 2. The van der Waals surface area contributed by atoms with Crippen molar-refractivity contribution in [3.05, 3.63) is 69.2 Å². The van der Waals surface area contributed by atoms with Crippen LogP contribution in [0.3, 0.4) is 0 Å². The number of thiophene rings is 2. The van der Waals surface area contributed by atoms with E-state index in [0.717, 1.165) is 15.3 Å². The van der Waals surface area contributed by atoms with Crippen LogP contribution in [-0.4, -0.2) is 15.5 Å². The van der Waals surface area contributed by atoms with E-state index in [1.54, 1.807) is 11.3 Å². The van der Waals surface area contributed by atoms with Gasteiger partial charge in [0.15, 0.2) is 0 Å². The molecule has 0 unspecified atom stereocenters. The Kier molecular flexibility index (Phi) is 4.59. The van der Waals surface area contributed by atoms with Crippen LogP contribution in [0.1, 0.15) is 4.88 Å². The molecule has 5 nitrogen and oxygen atoms in total. The van der Waals surface area contributed by atoms with E-state index in [1.807, 2.05) is 24.4 Å². The highest BCUT2D eigenvalue weighted by Gasteiger charge is 2.15. The van der Waals surface area contributed by atoms with Gasteiger partial charge in [0.2, 0.25) is 5.91 Å². The Labute approximate surface area is 161 Å². The lowest BCUT2D eigenvalue weighted by Gasteiger charge is -2.07. The molecule has 136 valence electrons. The number of halogens is 1. The smallest absolute Gasteiger partial charge is 0.263 e. The summed E-state index contributed by atoms with van der Waals surface area (Å²) in [5.74, 6) is -0.763. The number of carbonyl (C=O) groups excluding carboxylic acids is 1. The summed E-state index contributed by atoms with van der Waals surface area (Å²) in [6.45, 7) is 1.84. The molecule has 4 rings (SSSR count). The first-order chi connectivity index (χ1) is 13.0. The zero-order valence-electron chi connectivity index (χ0n) is 14.2. The van der Waals surface area contributed by atoms with Gasteiger partial charge in [-0.1, -0.05) is 0 Å². The molecular formula is C19H14FN3O2S2. The summed E-state index contributed by atoms with van der Waals surface area (Å²) in [5.41, 5.74) is 1.06. The van der Waals surface area contributed by atoms with E-state index in [1.165, 1.54) is 46.5 Å². The molecule has 0 aliphatic rings. The molecule has 0 saturated heterocycles. The summed E-state index contributed by atoms with van der Waals surface area (Å²) in [6.07, 6.45) is 1.38. The highest BCUT2D eigenvalue weighted by atomic mass is 32.1. The molecule has 0 bridgehead atoms. The predicted octanol–water partition coefficient (Wildman–Crippen LogP) is 4.27. The Morgan fingerprint density at radius 2 is 2.00 bits per heavy atom. The van der Waals surface area contributed by atoms with Crippen LogP contribution in [0, 0.1) is 12.7 Å². The van der Waals surface area contributed by atoms with Gasteiger partial charge in [0.05, 0.1) is 11.7 Å². The highest BCUT2D eigenvalue weighted by Crippen LogP contribution is 2.34. The topological polar surface area (TPSA) is 64.0 Å². The first-order valence-electron chi connectivity index (χ1n) is 8.10. The predicted molar refractivity (Wildman–Crippen MR) is 107 cm³/mol. The van der Waals surface area contributed by atoms with Crippen LogP contribution in [0.2, 0.25) is 0 Å². The van der Waals surface area contributed by atoms with E-state index in [0.29, 0.717) is 15.9 Å². The van der Waals surface area contributed by atoms with Gasteiger partial charge in [0.25, 0.3) is 5.56 Å². The fraction of sp³-hybridized carbons (Fsp3) is 0.105. The van der Waals surface area contributed by atoms with Gasteiger partial charge in [0.1, 0.15) is 17.2 Å².